The van der Waals surface area contributed by atoms with E-state index in [0.717, 1.165) is 76.6 Å². The van der Waals surface area contributed by atoms with E-state index in [1.807, 2.05) is 16.9 Å². The Morgan fingerprint density at radius 2 is 1.69 bits per heavy atom. The van der Waals surface area contributed by atoms with Crippen LogP contribution in [0.3, 0.4) is 0 Å². The Balaban J connectivity index is 0.999. The molecule has 0 amide bonds. The number of aryl methyl sites for hydroxylation is 1. The van der Waals surface area contributed by atoms with Crippen LogP contribution in [0.5, 0.6) is 23.0 Å². The van der Waals surface area contributed by atoms with E-state index in [4.69, 9.17) is 9.15 Å². The van der Waals surface area contributed by atoms with Crippen molar-refractivity contribution in [2.75, 3.05) is 18.9 Å². The van der Waals surface area contributed by atoms with E-state index in [1.54, 1.807) is 32.4 Å². The topological polar surface area (TPSA) is 173 Å². The van der Waals surface area contributed by atoms with Crippen molar-refractivity contribution in [3.05, 3.63) is 151 Å². The molecule has 10 nitrogen and oxygen atoms in total. The van der Waals surface area contributed by atoms with Crippen LogP contribution in [0.2, 0.25) is 0 Å². The molecule has 5 heterocycles. The van der Waals surface area contributed by atoms with Crippen molar-refractivity contribution in [1.29, 1.82) is 0 Å². The van der Waals surface area contributed by atoms with Crippen LogP contribution in [0.4, 0.5) is 0 Å². The molecule has 4 aliphatic heterocycles. The van der Waals surface area contributed by atoms with E-state index < -0.39 is 35.4 Å². The van der Waals surface area contributed by atoms with Gasteiger partial charge in [0, 0.05) is 58.9 Å². The molecule has 7 N–H and O–H groups in total. The summed E-state index contributed by atoms with van der Waals surface area (Å²) in [6, 6.07) is 29.2. The van der Waals surface area contributed by atoms with E-state index in [2.05, 4.69) is 92.0 Å². The maximum atomic E-state index is 15.6. The average molecular weight is 1110 g/mol. The highest BCUT2D eigenvalue weighted by atomic mass is 33.1. The number of phenolic OH excluding ortho intramolecular Hbond substituents is 2. The largest absolute Gasteiger partial charge is 0.507 e. The van der Waals surface area contributed by atoms with Crippen molar-refractivity contribution in [3.8, 4) is 45.4 Å². The maximum absolute atomic E-state index is 15.6. The molecule has 14 heteroatoms. The van der Waals surface area contributed by atoms with Gasteiger partial charge in [0.1, 0.15) is 34.3 Å². The van der Waals surface area contributed by atoms with Crippen molar-refractivity contribution < 1.29 is 39.8 Å². The second kappa shape index (κ2) is 21.0. The molecule has 9 atom stereocenters. The van der Waals surface area contributed by atoms with Crippen molar-refractivity contribution in [2.45, 2.75) is 130 Å². The molecule has 0 spiro atoms. The predicted octanol–water partition coefficient (Wildman–Crippen LogP) is 12.9. The summed E-state index contributed by atoms with van der Waals surface area (Å²) in [7, 11) is 6.92. The Bertz CT molecular complexity index is 3510. The first-order valence-corrected chi connectivity index (χ1v) is 32.3. The van der Waals surface area contributed by atoms with Crippen LogP contribution in [-0.2, 0) is 31.4 Å². The van der Waals surface area contributed by atoms with E-state index in [9.17, 15) is 30.6 Å². The number of fused-ring (bicyclic) bond motifs is 12. The van der Waals surface area contributed by atoms with Crippen molar-refractivity contribution in [2.24, 2.45) is 11.8 Å². The molecule has 6 aromatic carbocycles. The monoisotopic (exact) mass is 1110 g/mol. The average Bonchev–Trinajstić information content (AvgIpc) is 3.63. The van der Waals surface area contributed by atoms with Gasteiger partial charge in [-0.3, -0.25) is 4.79 Å². The minimum Gasteiger partial charge on any atom is -0.507 e. The summed E-state index contributed by atoms with van der Waals surface area (Å²) in [6.07, 6.45) is 3.76. The van der Waals surface area contributed by atoms with Crippen LogP contribution in [0.1, 0.15) is 131 Å². The van der Waals surface area contributed by atoms with Gasteiger partial charge in [-0.1, -0.05) is 124 Å². The normalized spacial score (nSPS) is 25.7. The highest BCUT2D eigenvalue weighted by Gasteiger charge is 2.46. The van der Waals surface area contributed by atoms with Gasteiger partial charge in [-0.25, -0.2) is 0 Å². The van der Waals surface area contributed by atoms with Gasteiger partial charge in [-0.15, -0.1) is 0 Å². The number of ether oxygens (including phenoxy) is 1. The van der Waals surface area contributed by atoms with Gasteiger partial charge in [0.05, 0.1) is 23.0 Å². The zero-order valence-electron chi connectivity index (χ0n) is 43.3. The second-order valence-electron chi connectivity index (χ2n) is 22.8. The predicted molar refractivity (Wildman–Crippen MR) is 314 cm³/mol. The number of rotatable bonds is 7. The summed E-state index contributed by atoms with van der Waals surface area (Å²) in [6.45, 7) is 5.10. The third kappa shape index (κ3) is 9.14. The van der Waals surface area contributed by atoms with Gasteiger partial charge in [0.15, 0.2) is 5.76 Å². The van der Waals surface area contributed by atoms with Crippen molar-refractivity contribution >= 4 is 64.9 Å². The summed E-state index contributed by atoms with van der Waals surface area (Å²) in [5, 5.41) is 78.9. The van der Waals surface area contributed by atoms with Gasteiger partial charge in [-0.05, 0) is 161 Å². The molecule has 77 heavy (non-hydrogen) atoms. The van der Waals surface area contributed by atoms with Crippen LogP contribution in [0.15, 0.2) is 94.1 Å². The third-order valence-electron chi connectivity index (χ3n) is 17.5. The number of aliphatic hydroxyl groups is 3. The molecule has 6 aliphatic rings. The molecule has 400 valence electrons. The molecule has 2 fully saturated rings. The Morgan fingerprint density at radius 3 is 2.52 bits per heavy atom. The summed E-state index contributed by atoms with van der Waals surface area (Å²) in [5.41, 5.74) is 10.5. The van der Waals surface area contributed by atoms with Crippen molar-refractivity contribution in [3.63, 3.8) is 0 Å². The van der Waals surface area contributed by atoms with Gasteiger partial charge in [-0.2, -0.15) is 0 Å². The molecule has 7 aromatic rings. The molecule has 2 saturated heterocycles. The molecule has 2 aliphatic carbocycles. The lowest BCUT2D eigenvalue weighted by Gasteiger charge is -2.42. The fraction of sp³-hybridized carbons (Fsp3) is 0.413. The molecule has 0 unspecified atom stereocenters. The summed E-state index contributed by atoms with van der Waals surface area (Å²) in [4.78, 5) is 15.6. The smallest absolute Gasteiger partial charge is 0.238 e. The zero-order chi connectivity index (χ0) is 52.8. The summed E-state index contributed by atoms with van der Waals surface area (Å²) >= 11 is 0. The highest BCUT2D eigenvalue weighted by molar-refractivity contribution is 8.77. The lowest BCUT2D eigenvalue weighted by atomic mass is 9.68. The Labute approximate surface area is 464 Å². The highest BCUT2D eigenvalue weighted by Crippen LogP contribution is 2.61. The maximum Gasteiger partial charge on any atom is 0.238 e. The number of benzene rings is 6. The van der Waals surface area contributed by atoms with E-state index in [0.29, 0.717) is 66.0 Å². The Kier molecular flexibility index (Phi) is 14.1. The molecule has 13 rings (SSSR count). The van der Waals surface area contributed by atoms with Crippen LogP contribution in [0.25, 0.3) is 44.2 Å². The summed E-state index contributed by atoms with van der Waals surface area (Å²) in [5.74, 6) is 0.637. The molecule has 1 aromatic heterocycles. The second-order valence-corrected chi connectivity index (χ2v) is 28.1. The van der Waals surface area contributed by atoms with Crippen LogP contribution < -0.4 is 15.5 Å². The number of aromatic hydroxyl groups is 3. The van der Waals surface area contributed by atoms with Gasteiger partial charge in [0.2, 0.25) is 11.2 Å². The Hall–Kier alpha value is -4.77. The fourth-order valence-electron chi connectivity index (χ4n) is 13.9. The third-order valence-corrected chi connectivity index (χ3v) is 23.1. The number of hydrogen-bond acceptors (Lipinski definition) is 14. The van der Waals surface area contributed by atoms with Crippen LogP contribution >= 0.6 is 43.2 Å². The number of piperidine rings is 1. The Morgan fingerprint density at radius 1 is 0.831 bits per heavy atom. The number of phenols is 2. The first-order chi connectivity index (χ1) is 37.4. The standard InChI is InChI=1S/C63H65NO9S4/c1-31(2)20-38-25-42(45-30-75-76-50-24-34(21-32-8-4-3-5-9-32)29-64-56(50)37-11-6-10-33(22-37)23-41(45)57(38)68)61-60(71)59(70)55-49(73-61)28-47(67)53-43-26-40-35(17-18-65)13-14-36-15-16-39-54(51(36)40)52(43)44-27-48(72-62(53)55)46(66)12-7-19-74-77-63(39)58(44)69/h3-6,8-11,15-16,22,25-26,28,31,34-35,44,46,48,50,56,58,63-69,71H,7,12-14,17-21,23-24,27,29-30H2,1-2H3/t34-,35-,44+,46-,48-,50+,56-,58-,63-/m1/s1. The molecular formula is C63H65NO9S4. The van der Waals surface area contributed by atoms with E-state index >= 15 is 4.79 Å². The minimum absolute atomic E-state index is 0.00587. The van der Waals surface area contributed by atoms with Gasteiger partial charge >= 0.3 is 0 Å². The van der Waals surface area contributed by atoms with Gasteiger partial charge in [0.25, 0.3) is 0 Å². The molecule has 0 saturated carbocycles. The first-order valence-electron chi connectivity index (χ1n) is 27.6. The van der Waals surface area contributed by atoms with E-state index in [-0.39, 0.29) is 80.9 Å². The quantitative estimate of drug-likeness (QED) is 0.0752. The number of nitrogens with one attached hydrogen (secondary N) is 1. The number of aliphatic hydroxyl groups excluding tert-OH is 3. The SMILES string of the molecule is CC(C)Cc1cc(-c2oc3cc(O)c4c(c3c(=O)c2O)O[C@@H]2C[C@H]3c5c-4cc4c6c(ccc(c56)[C@@H](SSCCC[C@H]2O)[C@@H]3O)CC[C@@H]4CCO)c2c(c1O)Cc1cccc(c1)[C@H]1NC[C@H](Cc3ccccc3)C[C@@H]1SSC2. The van der Waals surface area contributed by atoms with Crippen LogP contribution in [0, 0.1) is 11.8 Å². The molecular weight excluding hydrogens is 1040 g/mol. The van der Waals surface area contributed by atoms with Gasteiger partial charge < -0.3 is 45.1 Å². The molecule has 5 bridgehead atoms. The molecule has 0 radical (unpaired) electrons. The van der Waals surface area contributed by atoms with E-state index in [1.165, 1.54) is 22.8 Å². The lowest BCUT2D eigenvalue weighted by molar-refractivity contribution is 0.00975. The minimum atomic E-state index is -0.981. The lowest BCUT2D eigenvalue weighted by Crippen LogP contribution is -2.41. The zero-order valence-corrected chi connectivity index (χ0v) is 46.6. The summed E-state index contributed by atoms with van der Waals surface area (Å²) < 4.78 is 13.9. The number of hydrogen-bond donors (Lipinski definition) is 7. The van der Waals surface area contributed by atoms with Crippen LogP contribution in [-0.4, -0.2) is 73.1 Å². The van der Waals surface area contributed by atoms with Crippen molar-refractivity contribution in [1.82, 2.24) is 5.32 Å². The first kappa shape index (κ1) is 51.7. The fourth-order valence-corrected chi connectivity index (χ4v) is 19.8.